The molecule has 8 nitrogen and oxygen atoms in total. The molecule has 0 atom stereocenters. The van der Waals surface area contributed by atoms with Gasteiger partial charge < -0.3 is 14.8 Å². The maximum Gasteiger partial charge on any atom is 0.341 e. The molecule has 1 aromatic heterocycles. The number of methoxy groups -OCH3 is 1. The summed E-state index contributed by atoms with van der Waals surface area (Å²) in [4.78, 5) is 26.4. The Bertz CT molecular complexity index is 1110. The summed E-state index contributed by atoms with van der Waals surface area (Å²) in [6, 6.07) is 6.85. The first kappa shape index (κ1) is 25.0. The van der Waals surface area contributed by atoms with E-state index in [4.69, 9.17) is 9.47 Å². The van der Waals surface area contributed by atoms with E-state index in [0.717, 1.165) is 42.4 Å². The molecule has 0 radical (unpaired) electrons. The monoisotopic (exact) mass is 494 g/mol. The standard InChI is InChI=1S/C23H30N2O6S2/c1-4-31-23(27)21-16-10-5-8-13-19(16)32-22(21)24-20(26)14-9-15-25(33(3,28)29)17-11-6-7-12-18(17)30-2/h6-7,11-12H,4-5,8-10,13-15H2,1-3H3,(H,24,26). The largest absolute Gasteiger partial charge is 0.495 e. The van der Waals surface area contributed by atoms with E-state index in [1.54, 1.807) is 31.2 Å². The third kappa shape index (κ3) is 6.05. The van der Waals surface area contributed by atoms with E-state index >= 15 is 0 Å². The molecular formula is C23H30N2O6S2. The highest BCUT2D eigenvalue weighted by Crippen LogP contribution is 2.38. The Morgan fingerprint density at radius 2 is 1.91 bits per heavy atom. The van der Waals surface area contributed by atoms with Crippen LogP contribution in [0.4, 0.5) is 10.7 Å². The van der Waals surface area contributed by atoms with Gasteiger partial charge >= 0.3 is 5.97 Å². The Balaban J connectivity index is 1.70. The summed E-state index contributed by atoms with van der Waals surface area (Å²) >= 11 is 1.43. The van der Waals surface area contributed by atoms with Crippen molar-refractivity contribution in [3.8, 4) is 5.75 Å². The van der Waals surface area contributed by atoms with Gasteiger partial charge in [-0.1, -0.05) is 12.1 Å². The van der Waals surface area contributed by atoms with Gasteiger partial charge in [0.05, 0.1) is 31.2 Å². The smallest absolute Gasteiger partial charge is 0.341 e. The number of sulfonamides is 1. The van der Waals surface area contributed by atoms with Crippen molar-refractivity contribution in [2.45, 2.75) is 45.4 Å². The van der Waals surface area contributed by atoms with Gasteiger partial charge in [-0.25, -0.2) is 13.2 Å². The number of anilines is 2. The lowest BCUT2D eigenvalue weighted by molar-refractivity contribution is -0.116. The summed E-state index contributed by atoms with van der Waals surface area (Å²) in [6.45, 7) is 2.14. The van der Waals surface area contributed by atoms with Crippen LogP contribution in [-0.2, 0) is 32.4 Å². The highest BCUT2D eigenvalue weighted by molar-refractivity contribution is 7.92. The molecule has 2 aromatic rings. The van der Waals surface area contributed by atoms with E-state index in [1.807, 2.05) is 0 Å². The number of hydrogen-bond donors (Lipinski definition) is 1. The second-order valence-electron chi connectivity index (χ2n) is 7.79. The SMILES string of the molecule is CCOC(=O)c1c(NC(=O)CCCN(c2ccccc2OC)S(C)(=O)=O)sc2c1CCCC2. The highest BCUT2D eigenvalue weighted by Gasteiger charge is 2.27. The zero-order valence-corrected chi connectivity index (χ0v) is 20.8. The third-order valence-electron chi connectivity index (χ3n) is 5.42. The number of carbonyl (C=O) groups is 2. The van der Waals surface area contributed by atoms with Gasteiger partial charge in [0.2, 0.25) is 15.9 Å². The second kappa shape index (κ2) is 11.0. The average molecular weight is 495 g/mol. The first-order valence-electron chi connectivity index (χ1n) is 11.0. The van der Waals surface area contributed by atoms with Crippen LogP contribution in [0.5, 0.6) is 5.75 Å². The van der Waals surface area contributed by atoms with Crippen molar-refractivity contribution in [3.05, 3.63) is 40.3 Å². The summed E-state index contributed by atoms with van der Waals surface area (Å²) in [7, 11) is -2.09. The molecule has 1 amide bonds. The van der Waals surface area contributed by atoms with Crippen LogP contribution in [-0.4, -0.2) is 46.8 Å². The Labute approximate surface area is 198 Å². The van der Waals surface area contributed by atoms with Crippen LogP contribution in [0.1, 0.15) is 53.4 Å². The van der Waals surface area contributed by atoms with Gasteiger partial charge in [0.15, 0.2) is 0 Å². The molecule has 0 saturated heterocycles. The number of amides is 1. The lowest BCUT2D eigenvalue weighted by atomic mass is 9.95. The average Bonchev–Trinajstić information content (AvgIpc) is 3.13. The van der Waals surface area contributed by atoms with Crippen molar-refractivity contribution in [1.82, 2.24) is 0 Å². The number of benzene rings is 1. The maximum absolute atomic E-state index is 12.7. The van der Waals surface area contributed by atoms with Gasteiger partial charge in [0, 0.05) is 17.8 Å². The molecule has 10 heteroatoms. The Hall–Kier alpha value is -2.59. The van der Waals surface area contributed by atoms with E-state index < -0.39 is 16.0 Å². The van der Waals surface area contributed by atoms with Gasteiger partial charge in [-0.05, 0) is 56.7 Å². The number of ether oxygens (including phenoxy) is 2. The summed E-state index contributed by atoms with van der Waals surface area (Å²) < 4.78 is 36.5. The van der Waals surface area contributed by atoms with Crippen molar-refractivity contribution < 1.29 is 27.5 Å². The van der Waals surface area contributed by atoms with Crippen LogP contribution in [0.15, 0.2) is 24.3 Å². The first-order chi connectivity index (χ1) is 15.8. The van der Waals surface area contributed by atoms with Crippen molar-refractivity contribution in [2.24, 2.45) is 0 Å². The lowest BCUT2D eigenvalue weighted by Crippen LogP contribution is -2.31. The van der Waals surface area contributed by atoms with E-state index in [0.29, 0.717) is 28.4 Å². The Morgan fingerprint density at radius 1 is 1.18 bits per heavy atom. The fourth-order valence-corrected chi connectivity index (χ4v) is 6.21. The molecule has 180 valence electrons. The zero-order chi connectivity index (χ0) is 24.0. The van der Waals surface area contributed by atoms with E-state index in [-0.39, 0.29) is 25.5 Å². The summed E-state index contributed by atoms with van der Waals surface area (Å²) in [6.07, 6.45) is 5.30. The number of hydrogen-bond acceptors (Lipinski definition) is 7. The molecule has 0 bridgehead atoms. The molecule has 1 aromatic carbocycles. The lowest BCUT2D eigenvalue weighted by Gasteiger charge is -2.24. The Morgan fingerprint density at radius 3 is 2.61 bits per heavy atom. The van der Waals surface area contributed by atoms with Crippen molar-refractivity contribution in [2.75, 3.05) is 36.1 Å². The van der Waals surface area contributed by atoms with Crippen molar-refractivity contribution >= 4 is 43.9 Å². The molecule has 0 unspecified atom stereocenters. The molecular weight excluding hydrogens is 464 g/mol. The molecule has 3 rings (SSSR count). The molecule has 1 aliphatic carbocycles. The van der Waals surface area contributed by atoms with Crippen LogP contribution in [0, 0.1) is 0 Å². The topological polar surface area (TPSA) is 102 Å². The minimum Gasteiger partial charge on any atom is -0.495 e. The summed E-state index contributed by atoms with van der Waals surface area (Å²) in [5.74, 6) is -0.241. The number of nitrogens with one attached hydrogen (secondary N) is 1. The van der Waals surface area contributed by atoms with Crippen LogP contribution in [0.25, 0.3) is 0 Å². The fourth-order valence-electron chi connectivity index (χ4n) is 3.95. The van der Waals surface area contributed by atoms with Gasteiger partial charge in [0.1, 0.15) is 10.8 Å². The fraction of sp³-hybridized carbons (Fsp3) is 0.478. The van der Waals surface area contributed by atoms with Gasteiger partial charge in [-0.3, -0.25) is 9.10 Å². The number of para-hydroxylation sites is 2. The molecule has 0 saturated carbocycles. The van der Waals surface area contributed by atoms with E-state index in [2.05, 4.69) is 5.32 Å². The number of esters is 1. The zero-order valence-electron chi connectivity index (χ0n) is 19.2. The predicted octanol–water partition coefficient (Wildman–Crippen LogP) is 4.00. The van der Waals surface area contributed by atoms with Gasteiger partial charge in [-0.15, -0.1) is 11.3 Å². The molecule has 0 fully saturated rings. The van der Waals surface area contributed by atoms with Crippen molar-refractivity contribution in [3.63, 3.8) is 0 Å². The summed E-state index contributed by atoms with van der Waals surface area (Å²) in [5, 5.41) is 3.39. The van der Waals surface area contributed by atoms with Crippen LogP contribution >= 0.6 is 11.3 Å². The predicted molar refractivity (Wildman–Crippen MR) is 130 cm³/mol. The molecule has 0 spiro atoms. The number of carbonyl (C=O) groups excluding carboxylic acids is 2. The number of fused-ring (bicyclic) bond motifs is 1. The van der Waals surface area contributed by atoms with Gasteiger partial charge in [-0.2, -0.15) is 0 Å². The minimum atomic E-state index is -3.57. The summed E-state index contributed by atoms with van der Waals surface area (Å²) in [5.41, 5.74) is 1.88. The number of aryl methyl sites for hydroxylation is 1. The molecule has 1 heterocycles. The molecule has 1 N–H and O–H groups in total. The first-order valence-corrected chi connectivity index (χ1v) is 13.6. The number of rotatable bonds is 10. The molecule has 1 aliphatic rings. The van der Waals surface area contributed by atoms with Gasteiger partial charge in [0.25, 0.3) is 0 Å². The number of thiophene rings is 1. The minimum absolute atomic E-state index is 0.103. The Kier molecular flexibility index (Phi) is 8.36. The third-order valence-corrected chi connectivity index (χ3v) is 7.81. The quantitative estimate of drug-likeness (QED) is 0.501. The van der Waals surface area contributed by atoms with Crippen molar-refractivity contribution in [1.29, 1.82) is 0 Å². The van der Waals surface area contributed by atoms with E-state index in [1.165, 1.54) is 22.8 Å². The van der Waals surface area contributed by atoms with Crippen LogP contribution < -0.4 is 14.4 Å². The van der Waals surface area contributed by atoms with Crippen LogP contribution in [0.2, 0.25) is 0 Å². The second-order valence-corrected chi connectivity index (χ2v) is 10.8. The number of nitrogens with zero attached hydrogens (tertiary/aromatic N) is 1. The molecule has 0 aliphatic heterocycles. The van der Waals surface area contributed by atoms with E-state index in [9.17, 15) is 18.0 Å². The maximum atomic E-state index is 12.7. The van der Waals surface area contributed by atoms with Crippen LogP contribution in [0.3, 0.4) is 0 Å². The normalized spacial score (nSPS) is 13.2. The highest BCUT2D eigenvalue weighted by atomic mass is 32.2. The molecule has 33 heavy (non-hydrogen) atoms.